The molecule has 12 heteroatoms. The van der Waals surface area contributed by atoms with Gasteiger partial charge in [0.25, 0.3) is 11.5 Å². The van der Waals surface area contributed by atoms with Gasteiger partial charge in [0.1, 0.15) is 23.0 Å². The van der Waals surface area contributed by atoms with E-state index in [1.165, 1.54) is 4.57 Å². The van der Waals surface area contributed by atoms with Crippen LogP contribution in [0.4, 0.5) is 16.2 Å². The first-order chi connectivity index (χ1) is 20.4. The predicted molar refractivity (Wildman–Crippen MR) is 161 cm³/mol. The van der Waals surface area contributed by atoms with E-state index in [9.17, 15) is 24.0 Å². The van der Waals surface area contributed by atoms with Crippen molar-refractivity contribution in [3.05, 3.63) is 64.2 Å². The number of benzene rings is 2. The number of piperidine rings is 2. The Hall–Kier alpha value is -4.74. The summed E-state index contributed by atoms with van der Waals surface area (Å²) in [5.74, 6) is -0.940. The number of amides is 4. The zero-order valence-electron chi connectivity index (χ0n) is 24.7. The summed E-state index contributed by atoms with van der Waals surface area (Å²) in [5.41, 5.74) is 1.16. The molecule has 2 aliphatic rings. The van der Waals surface area contributed by atoms with Crippen molar-refractivity contribution in [2.75, 3.05) is 23.3 Å². The van der Waals surface area contributed by atoms with Crippen LogP contribution in [0.5, 0.6) is 0 Å². The van der Waals surface area contributed by atoms with Gasteiger partial charge in [-0.3, -0.25) is 29.1 Å². The lowest BCUT2D eigenvalue weighted by molar-refractivity contribution is -0.135. The first-order valence-electron chi connectivity index (χ1n) is 14.4. The zero-order valence-corrected chi connectivity index (χ0v) is 24.7. The molecule has 5 rings (SSSR count). The molecule has 0 aliphatic carbocycles. The number of aryl methyl sites for hydroxylation is 1. The van der Waals surface area contributed by atoms with Crippen LogP contribution in [0.3, 0.4) is 0 Å². The minimum Gasteiger partial charge on any atom is -0.444 e. The number of carbonyl (C=O) groups excluding carboxylic acids is 4. The third-order valence-corrected chi connectivity index (χ3v) is 7.59. The largest absolute Gasteiger partial charge is 0.444 e. The number of alkyl carbamates (subject to hydrolysis) is 1. The zero-order chi connectivity index (χ0) is 30.9. The summed E-state index contributed by atoms with van der Waals surface area (Å²) >= 11 is 0. The second-order valence-corrected chi connectivity index (χ2v) is 11.9. The number of anilines is 2. The minimum atomic E-state index is -0.828. The van der Waals surface area contributed by atoms with Crippen LogP contribution in [0.1, 0.15) is 68.7 Å². The number of aromatic nitrogens is 2. The van der Waals surface area contributed by atoms with Crippen LogP contribution in [0.25, 0.3) is 10.9 Å². The smallest absolute Gasteiger partial charge is 0.407 e. The minimum absolute atomic E-state index is 0.0437. The summed E-state index contributed by atoms with van der Waals surface area (Å²) in [4.78, 5) is 69.5. The molecule has 1 aromatic heterocycles. The molecule has 2 saturated heterocycles. The molecule has 1 atom stereocenters. The molecule has 1 unspecified atom stereocenters. The number of para-hydroxylation sites is 1. The number of imide groups is 1. The van der Waals surface area contributed by atoms with Gasteiger partial charge in [-0.25, -0.2) is 9.78 Å². The Morgan fingerprint density at radius 2 is 1.70 bits per heavy atom. The lowest BCUT2D eigenvalue weighted by Gasteiger charge is -2.34. The van der Waals surface area contributed by atoms with Gasteiger partial charge in [0.15, 0.2) is 0 Å². The molecule has 226 valence electrons. The van der Waals surface area contributed by atoms with Gasteiger partial charge in [-0.15, -0.1) is 0 Å². The van der Waals surface area contributed by atoms with Gasteiger partial charge in [-0.05, 0) is 83.4 Å². The fourth-order valence-electron chi connectivity index (χ4n) is 5.50. The SMILES string of the molecule is Cc1nc2c(NC(=O)c3ccc(N4CCC(NC(=O)OC(C)(C)C)CC4)cc3)cccc2c(=O)n1C1CCC(=O)NC1=O. The molecule has 2 aliphatic heterocycles. The standard InChI is InChI=1S/C31H36N6O6/c1-18-32-26-22(29(41)37(18)24-12-13-25(38)35-28(24)40)6-5-7-23(26)34-27(39)19-8-10-21(11-9-19)36-16-14-20(15-17-36)33-30(42)43-31(2,3)4/h5-11,20,24H,12-17H2,1-4H3,(H,33,42)(H,34,39)(H,35,38,40). The van der Waals surface area contributed by atoms with E-state index in [1.807, 2.05) is 32.9 Å². The fraction of sp³-hybridized carbons (Fsp3) is 0.419. The van der Waals surface area contributed by atoms with Gasteiger partial charge < -0.3 is 20.3 Å². The molecule has 0 spiro atoms. The number of carbonyl (C=O) groups is 4. The lowest BCUT2D eigenvalue weighted by Crippen LogP contribution is -2.46. The topological polar surface area (TPSA) is 152 Å². The van der Waals surface area contributed by atoms with Crippen molar-refractivity contribution in [2.45, 2.75) is 71.1 Å². The van der Waals surface area contributed by atoms with E-state index < -0.39 is 29.2 Å². The Morgan fingerprint density at radius 1 is 1.00 bits per heavy atom. The molecule has 0 bridgehead atoms. The van der Waals surface area contributed by atoms with E-state index >= 15 is 0 Å². The highest BCUT2D eigenvalue weighted by molar-refractivity contribution is 6.08. The van der Waals surface area contributed by atoms with Crippen LogP contribution in [-0.2, 0) is 14.3 Å². The van der Waals surface area contributed by atoms with Gasteiger partial charge in [0.05, 0.1) is 11.1 Å². The molecule has 2 aromatic carbocycles. The highest BCUT2D eigenvalue weighted by Crippen LogP contribution is 2.25. The quantitative estimate of drug-likeness (QED) is 0.384. The van der Waals surface area contributed by atoms with Crippen LogP contribution < -0.4 is 26.4 Å². The second kappa shape index (κ2) is 11.9. The van der Waals surface area contributed by atoms with E-state index in [2.05, 4.69) is 25.8 Å². The molecule has 12 nitrogen and oxygen atoms in total. The average molecular weight is 589 g/mol. The Morgan fingerprint density at radius 3 is 2.35 bits per heavy atom. The van der Waals surface area contributed by atoms with Crippen molar-refractivity contribution in [1.82, 2.24) is 20.2 Å². The van der Waals surface area contributed by atoms with Gasteiger partial charge in [-0.1, -0.05) is 6.07 Å². The van der Waals surface area contributed by atoms with E-state index in [0.29, 0.717) is 22.6 Å². The van der Waals surface area contributed by atoms with E-state index in [1.54, 1.807) is 37.3 Å². The Balaban J connectivity index is 1.25. The number of rotatable bonds is 5. The first kappa shape index (κ1) is 29.7. The summed E-state index contributed by atoms with van der Waals surface area (Å²) < 4.78 is 6.67. The van der Waals surface area contributed by atoms with Crippen molar-refractivity contribution in [2.24, 2.45) is 0 Å². The fourth-order valence-corrected chi connectivity index (χ4v) is 5.50. The third kappa shape index (κ3) is 6.68. The van der Waals surface area contributed by atoms with Crippen molar-refractivity contribution in [1.29, 1.82) is 0 Å². The van der Waals surface area contributed by atoms with Crippen molar-refractivity contribution in [3.63, 3.8) is 0 Å². The van der Waals surface area contributed by atoms with Crippen LogP contribution in [0, 0.1) is 6.92 Å². The van der Waals surface area contributed by atoms with E-state index in [-0.39, 0.29) is 36.1 Å². The Kier molecular flexibility index (Phi) is 8.21. The Bertz CT molecular complexity index is 1630. The number of hydrogen-bond acceptors (Lipinski definition) is 8. The number of hydrogen-bond donors (Lipinski definition) is 3. The van der Waals surface area contributed by atoms with Gasteiger partial charge >= 0.3 is 6.09 Å². The molecule has 0 saturated carbocycles. The molecule has 4 amide bonds. The molecular formula is C31H36N6O6. The van der Waals surface area contributed by atoms with Crippen molar-refractivity contribution >= 4 is 46.1 Å². The molecule has 3 N–H and O–H groups in total. The maximum absolute atomic E-state index is 13.4. The summed E-state index contributed by atoms with van der Waals surface area (Å²) in [6.07, 6.45) is 1.50. The molecule has 3 aromatic rings. The molecular weight excluding hydrogens is 552 g/mol. The molecule has 3 heterocycles. The predicted octanol–water partition coefficient (Wildman–Crippen LogP) is 3.43. The van der Waals surface area contributed by atoms with Crippen LogP contribution in [0.2, 0.25) is 0 Å². The third-order valence-electron chi connectivity index (χ3n) is 7.59. The average Bonchev–Trinajstić information content (AvgIpc) is 2.94. The summed E-state index contributed by atoms with van der Waals surface area (Å²) in [6, 6.07) is 11.4. The Labute approximate surface area is 248 Å². The van der Waals surface area contributed by atoms with Gasteiger partial charge in [0.2, 0.25) is 11.8 Å². The summed E-state index contributed by atoms with van der Waals surface area (Å²) in [6.45, 7) is 8.63. The van der Waals surface area contributed by atoms with Gasteiger partial charge in [0, 0.05) is 36.8 Å². The highest BCUT2D eigenvalue weighted by Gasteiger charge is 2.31. The number of ether oxygens (including phenoxy) is 1. The second-order valence-electron chi connectivity index (χ2n) is 11.9. The van der Waals surface area contributed by atoms with Gasteiger partial charge in [-0.2, -0.15) is 0 Å². The van der Waals surface area contributed by atoms with E-state index in [0.717, 1.165) is 31.6 Å². The van der Waals surface area contributed by atoms with Crippen LogP contribution in [-0.4, -0.2) is 58.1 Å². The van der Waals surface area contributed by atoms with E-state index in [4.69, 9.17) is 4.74 Å². The number of nitrogens with one attached hydrogen (secondary N) is 3. The maximum Gasteiger partial charge on any atom is 0.407 e. The number of fused-ring (bicyclic) bond motifs is 1. The maximum atomic E-state index is 13.4. The highest BCUT2D eigenvalue weighted by atomic mass is 16.6. The lowest BCUT2D eigenvalue weighted by atomic mass is 10.0. The molecule has 2 fully saturated rings. The van der Waals surface area contributed by atoms with Crippen LogP contribution >= 0.6 is 0 Å². The van der Waals surface area contributed by atoms with Crippen molar-refractivity contribution in [3.8, 4) is 0 Å². The molecule has 0 radical (unpaired) electrons. The first-order valence-corrected chi connectivity index (χ1v) is 14.4. The molecule has 43 heavy (non-hydrogen) atoms. The van der Waals surface area contributed by atoms with Crippen LogP contribution in [0.15, 0.2) is 47.3 Å². The summed E-state index contributed by atoms with van der Waals surface area (Å²) in [5, 5.41) is 8.35. The summed E-state index contributed by atoms with van der Waals surface area (Å²) in [7, 11) is 0. The number of nitrogens with zero attached hydrogens (tertiary/aromatic N) is 3. The monoisotopic (exact) mass is 588 g/mol. The van der Waals surface area contributed by atoms with Crippen molar-refractivity contribution < 1.29 is 23.9 Å². The normalized spacial score (nSPS) is 17.9.